The van der Waals surface area contributed by atoms with Gasteiger partial charge in [-0.3, -0.25) is 9.97 Å². The summed E-state index contributed by atoms with van der Waals surface area (Å²) in [6.45, 7) is 0.815. The van der Waals surface area contributed by atoms with Gasteiger partial charge >= 0.3 is 0 Å². The highest BCUT2D eigenvalue weighted by atomic mass is 16.5. The zero-order valence-electron chi connectivity index (χ0n) is 19.5. The largest absolute Gasteiger partial charge is 0.487 e. The van der Waals surface area contributed by atoms with Crippen molar-refractivity contribution in [2.75, 3.05) is 0 Å². The van der Waals surface area contributed by atoms with E-state index < -0.39 is 0 Å². The molecular formula is C32H22N2O2. The van der Waals surface area contributed by atoms with E-state index in [4.69, 9.17) is 9.47 Å². The molecule has 0 aliphatic carbocycles. The van der Waals surface area contributed by atoms with Gasteiger partial charge in [0.05, 0.1) is 0 Å². The minimum atomic E-state index is 0.407. The van der Waals surface area contributed by atoms with E-state index in [1.807, 2.05) is 24.3 Å². The van der Waals surface area contributed by atoms with Crippen molar-refractivity contribution in [2.45, 2.75) is 13.2 Å². The molecule has 0 N–H and O–H groups in total. The van der Waals surface area contributed by atoms with Crippen LogP contribution in [0.5, 0.6) is 11.5 Å². The summed E-state index contributed by atoms with van der Waals surface area (Å²) >= 11 is 0. The van der Waals surface area contributed by atoms with Crippen LogP contribution >= 0.6 is 0 Å². The minimum Gasteiger partial charge on any atom is -0.487 e. The second-order valence-electron chi connectivity index (χ2n) is 8.92. The van der Waals surface area contributed by atoms with E-state index in [-0.39, 0.29) is 0 Å². The molecule has 6 aromatic rings. The molecule has 0 saturated heterocycles. The molecule has 4 aromatic carbocycles. The van der Waals surface area contributed by atoms with Gasteiger partial charge in [0.2, 0.25) is 0 Å². The maximum absolute atomic E-state index is 6.46. The van der Waals surface area contributed by atoms with Crippen LogP contribution in [-0.4, -0.2) is 9.97 Å². The van der Waals surface area contributed by atoms with Crippen molar-refractivity contribution in [3.05, 3.63) is 121 Å². The molecule has 0 saturated carbocycles. The highest BCUT2D eigenvalue weighted by Gasteiger charge is 2.21. The maximum atomic E-state index is 6.46. The first-order valence-electron chi connectivity index (χ1n) is 12.0. The van der Waals surface area contributed by atoms with E-state index in [2.05, 4.69) is 82.8 Å². The van der Waals surface area contributed by atoms with Crippen LogP contribution in [0.1, 0.15) is 11.1 Å². The summed E-state index contributed by atoms with van der Waals surface area (Å²) < 4.78 is 12.9. The van der Waals surface area contributed by atoms with Crippen LogP contribution in [0.4, 0.5) is 0 Å². The van der Waals surface area contributed by atoms with Crippen LogP contribution in [0.15, 0.2) is 109 Å². The van der Waals surface area contributed by atoms with E-state index in [9.17, 15) is 0 Å². The van der Waals surface area contributed by atoms with E-state index >= 15 is 0 Å². The first-order chi connectivity index (χ1) is 17.9. The molecule has 2 aromatic heterocycles. The van der Waals surface area contributed by atoms with Gasteiger partial charge in [0, 0.05) is 12.4 Å². The average Bonchev–Trinajstić information content (AvgIpc) is 2.94. The molecule has 4 heteroatoms. The van der Waals surface area contributed by atoms with Gasteiger partial charge in [-0.2, -0.15) is 0 Å². The lowest BCUT2D eigenvalue weighted by Gasteiger charge is -2.22. The normalized spacial score (nSPS) is 12.7. The third kappa shape index (κ3) is 3.38. The van der Waals surface area contributed by atoms with E-state index in [1.54, 1.807) is 12.4 Å². The van der Waals surface area contributed by atoms with Gasteiger partial charge in [-0.15, -0.1) is 0 Å². The second kappa shape index (κ2) is 8.51. The molecule has 4 nitrogen and oxygen atoms in total. The molecule has 36 heavy (non-hydrogen) atoms. The molecule has 1 aliphatic rings. The zero-order chi connectivity index (χ0) is 23.9. The summed E-state index contributed by atoms with van der Waals surface area (Å²) in [4.78, 5) is 9.22. The summed E-state index contributed by atoms with van der Waals surface area (Å²) in [5.41, 5.74) is 5.94. The predicted octanol–water partition coefficient (Wildman–Crippen LogP) is 7.59. The smallest absolute Gasteiger partial charge is 0.147 e. The Bertz CT molecular complexity index is 1630. The van der Waals surface area contributed by atoms with Gasteiger partial charge in [-0.05, 0) is 68.1 Å². The van der Waals surface area contributed by atoms with Crippen LogP contribution < -0.4 is 9.47 Å². The average molecular weight is 467 g/mol. The van der Waals surface area contributed by atoms with Gasteiger partial charge in [0.1, 0.15) is 36.1 Å². The van der Waals surface area contributed by atoms with Crippen molar-refractivity contribution < 1.29 is 9.47 Å². The number of fused-ring (bicyclic) bond motifs is 10. The Labute approximate surface area is 208 Å². The zero-order valence-corrected chi connectivity index (χ0v) is 19.5. The fraction of sp³-hybridized carbons (Fsp3) is 0.0625. The molecule has 0 atom stereocenters. The first kappa shape index (κ1) is 20.7. The predicted molar refractivity (Wildman–Crippen MR) is 143 cm³/mol. The monoisotopic (exact) mass is 466 g/mol. The van der Waals surface area contributed by atoms with Crippen LogP contribution in [0.25, 0.3) is 44.1 Å². The van der Waals surface area contributed by atoms with Gasteiger partial charge < -0.3 is 9.47 Å². The van der Waals surface area contributed by atoms with Crippen LogP contribution in [0.2, 0.25) is 0 Å². The molecule has 0 fully saturated rings. The number of rotatable bonds is 0. The number of hydrogen-bond donors (Lipinski definition) is 0. The Morgan fingerprint density at radius 1 is 0.472 bits per heavy atom. The quantitative estimate of drug-likeness (QED) is 0.231. The number of nitrogens with zero attached hydrogens (tertiary/aromatic N) is 2. The molecule has 0 spiro atoms. The number of aromatic nitrogens is 2. The van der Waals surface area contributed by atoms with Crippen LogP contribution in [0, 0.1) is 0 Å². The topological polar surface area (TPSA) is 44.2 Å². The highest BCUT2D eigenvalue weighted by Crippen LogP contribution is 2.41. The van der Waals surface area contributed by atoms with Gasteiger partial charge in [0.25, 0.3) is 0 Å². The van der Waals surface area contributed by atoms with Crippen molar-refractivity contribution in [3.63, 3.8) is 0 Å². The summed E-state index contributed by atoms with van der Waals surface area (Å²) in [5.74, 6) is 1.36. The number of benzene rings is 4. The Morgan fingerprint density at radius 3 is 1.44 bits per heavy atom. The second-order valence-corrected chi connectivity index (χ2v) is 8.92. The number of hydrogen-bond acceptors (Lipinski definition) is 4. The SMILES string of the molecule is c1cnc2c(c1)OCc1ccc3ccccc3c1-c1c(ccc3ccccc13)COc1cccnc1-2. The lowest BCUT2D eigenvalue weighted by Crippen LogP contribution is -2.06. The summed E-state index contributed by atoms with van der Waals surface area (Å²) in [6, 6.07) is 33.4. The maximum Gasteiger partial charge on any atom is 0.147 e. The van der Waals surface area contributed by atoms with Crippen LogP contribution in [0.3, 0.4) is 0 Å². The van der Waals surface area contributed by atoms with Gasteiger partial charge in [-0.1, -0.05) is 72.8 Å². The Hall–Kier alpha value is -4.70. The molecule has 0 radical (unpaired) electrons. The van der Waals surface area contributed by atoms with E-state index in [0.717, 1.165) is 11.1 Å². The van der Waals surface area contributed by atoms with E-state index in [0.29, 0.717) is 36.1 Å². The van der Waals surface area contributed by atoms with Crippen molar-refractivity contribution in [2.24, 2.45) is 0 Å². The molecule has 172 valence electrons. The summed E-state index contributed by atoms with van der Waals surface area (Å²) in [5, 5.41) is 4.78. The highest BCUT2D eigenvalue weighted by molar-refractivity contribution is 6.07. The third-order valence-corrected chi connectivity index (χ3v) is 6.81. The molecular weight excluding hydrogens is 444 g/mol. The molecule has 1 aliphatic heterocycles. The van der Waals surface area contributed by atoms with Gasteiger partial charge in [0.15, 0.2) is 0 Å². The molecule has 7 rings (SSSR count). The van der Waals surface area contributed by atoms with Crippen molar-refractivity contribution in [1.82, 2.24) is 9.97 Å². The Morgan fingerprint density at radius 2 is 0.944 bits per heavy atom. The third-order valence-electron chi connectivity index (χ3n) is 6.81. The molecule has 0 unspecified atom stereocenters. The van der Waals surface area contributed by atoms with Crippen molar-refractivity contribution in [1.29, 1.82) is 0 Å². The molecule has 0 amide bonds. The molecule has 3 heterocycles. The van der Waals surface area contributed by atoms with E-state index in [1.165, 1.54) is 32.7 Å². The van der Waals surface area contributed by atoms with Crippen molar-refractivity contribution in [3.8, 4) is 34.0 Å². The Balaban J connectivity index is 1.55. The fourth-order valence-corrected chi connectivity index (χ4v) is 5.15. The van der Waals surface area contributed by atoms with Crippen LogP contribution in [-0.2, 0) is 13.2 Å². The lowest BCUT2D eigenvalue weighted by atomic mass is 9.87. The first-order valence-corrected chi connectivity index (χ1v) is 12.0. The fourth-order valence-electron chi connectivity index (χ4n) is 5.15. The van der Waals surface area contributed by atoms with Gasteiger partial charge in [-0.25, -0.2) is 0 Å². The standard InChI is InChI=1S/C32H22N2O2/c1-3-9-25-21(7-1)13-15-23-19-35-27-11-5-17-33-31(27)32-28(12-6-18-34-32)36-20-24-16-14-22-8-2-4-10-26(22)30(24)29(23)25/h1-18H,19-20H2. The summed E-state index contributed by atoms with van der Waals surface area (Å²) in [7, 11) is 0. The van der Waals surface area contributed by atoms with Crippen molar-refractivity contribution >= 4 is 21.5 Å². The lowest BCUT2D eigenvalue weighted by molar-refractivity contribution is 0.300. The molecule has 0 bridgehead atoms. The number of pyridine rings is 2. The Kier molecular flexibility index (Phi) is 4.88. The minimum absolute atomic E-state index is 0.407. The summed E-state index contributed by atoms with van der Waals surface area (Å²) in [6.07, 6.45) is 3.52. The number of ether oxygens (including phenoxy) is 2.